The predicted octanol–water partition coefficient (Wildman–Crippen LogP) is 4.46. The van der Waals surface area contributed by atoms with Gasteiger partial charge in [0.1, 0.15) is 17.1 Å². The lowest BCUT2D eigenvalue weighted by Crippen LogP contribution is -2.35. The summed E-state index contributed by atoms with van der Waals surface area (Å²) in [5.41, 5.74) is 7.31. The van der Waals surface area contributed by atoms with Gasteiger partial charge < -0.3 is 25.3 Å². The number of ketones is 1. The van der Waals surface area contributed by atoms with Crippen molar-refractivity contribution in [2.45, 2.75) is 32.6 Å². The van der Waals surface area contributed by atoms with Gasteiger partial charge >= 0.3 is 5.97 Å². The van der Waals surface area contributed by atoms with Gasteiger partial charge in [-0.15, -0.1) is 0 Å². The fourth-order valence-corrected chi connectivity index (χ4v) is 4.65. The number of carbonyl (C=O) groups is 3. The van der Waals surface area contributed by atoms with Crippen LogP contribution in [0.2, 0.25) is 5.02 Å². The van der Waals surface area contributed by atoms with E-state index in [1.54, 1.807) is 48.5 Å². The van der Waals surface area contributed by atoms with Crippen LogP contribution in [0.25, 0.3) is 0 Å². The average Bonchev–Trinajstić information content (AvgIpc) is 2.82. The Morgan fingerprint density at radius 2 is 1.83 bits per heavy atom. The molecule has 0 saturated carbocycles. The Hall–Kier alpha value is -3.78. The number of hydrogen-bond donors (Lipinski definition) is 2. The van der Waals surface area contributed by atoms with Gasteiger partial charge in [-0.05, 0) is 35.7 Å². The molecule has 188 valence electrons. The third kappa shape index (κ3) is 5.23. The molecule has 1 aliphatic carbocycles. The van der Waals surface area contributed by atoms with E-state index in [1.165, 1.54) is 7.11 Å². The maximum atomic E-state index is 13.3. The highest BCUT2D eigenvalue weighted by atomic mass is 35.5. The second-order valence-corrected chi connectivity index (χ2v) is 9.90. The number of esters is 1. The predicted molar refractivity (Wildman–Crippen MR) is 134 cm³/mol. The first kappa shape index (κ1) is 25.3. The number of anilines is 1. The van der Waals surface area contributed by atoms with Crippen LogP contribution in [0, 0.1) is 5.41 Å². The van der Waals surface area contributed by atoms with Gasteiger partial charge in [0.25, 0.3) is 5.91 Å². The molecular formula is C27H27ClN2O6. The van der Waals surface area contributed by atoms with Crippen LogP contribution in [-0.4, -0.2) is 31.4 Å². The molecule has 1 unspecified atom stereocenters. The SMILES string of the molecule is COC(=O)C1=C(N)OC2=C(C(=O)CC(C)(C)C2)C1c1ccccc1OCC(=O)Nc1ccc(Cl)cc1. The van der Waals surface area contributed by atoms with E-state index in [-0.39, 0.29) is 35.7 Å². The molecule has 2 aromatic rings. The molecule has 0 bridgehead atoms. The number of nitrogens with one attached hydrogen (secondary N) is 1. The Morgan fingerprint density at radius 3 is 2.53 bits per heavy atom. The van der Waals surface area contributed by atoms with Gasteiger partial charge in [0.2, 0.25) is 5.88 Å². The summed E-state index contributed by atoms with van der Waals surface area (Å²) >= 11 is 5.89. The Balaban J connectivity index is 1.68. The van der Waals surface area contributed by atoms with Gasteiger partial charge in [-0.3, -0.25) is 9.59 Å². The summed E-state index contributed by atoms with van der Waals surface area (Å²) in [5.74, 6) is -1.46. The number of Topliss-reactive ketones (excluding diaryl/α,β-unsaturated/α-hetero) is 1. The van der Waals surface area contributed by atoms with E-state index in [4.69, 9.17) is 31.5 Å². The summed E-state index contributed by atoms with van der Waals surface area (Å²) < 4.78 is 16.6. The summed E-state index contributed by atoms with van der Waals surface area (Å²) in [4.78, 5) is 38.6. The molecule has 9 heteroatoms. The summed E-state index contributed by atoms with van der Waals surface area (Å²) in [6.07, 6.45) is 0.763. The number of para-hydroxylation sites is 1. The number of benzene rings is 2. The molecule has 0 radical (unpaired) electrons. The lowest BCUT2D eigenvalue weighted by atomic mass is 9.70. The van der Waals surface area contributed by atoms with Crippen molar-refractivity contribution in [2.75, 3.05) is 19.0 Å². The quantitative estimate of drug-likeness (QED) is 0.551. The van der Waals surface area contributed by atoms with Gasteiger partial charge in [-0.1, -0.05) is 43.6 Å². The molecule has 0 saturated heterocycles. The molecule has 1 atom stereocenters. The Labute approximate surface area is 214 Å². The van der Waals surface area contributed by atoms with E-state index >= 15 is 0 Å². The summed E-state index contributed by atoms with van der Waals surface area (Å²) in [5, 5.41) is 3.29. The second-order valence-electron chi connectivity index (χ2n) is 9.46. The molecular weight excluding hydrogens is 484 g/mol. The number of allylic oxidation sites excluding steroid dienone is 2. The van der Waals surface area contributed by atoms with Crippen molar-refractivity contribution >= 4 is 34.9 Å². The minimum absolute atomic E-state index is 0.0194. The smallest absolute Gasteiger partial charge is 0.340 e. The van der Waals surface area contributed by atoms with Crippen molar-refractivity contribution in [3.63, 3.8) is 0 Å². The third-order valence-electron chi connectivity index (χ3n) is 6.08. The zero-order chi connectivity index (χ0) is 26.0. The Morgan fingerprint density at radius 1 is 1.14 bits per heavy atom. The minimum atomic E-state index is -0.861. The van der Waals surface area contributed by atoms with Crippen molar-refractivity contribution in [2.24, 2.45) is 11.1 Å². The van der Waals surface area contributed by atoms with Crippen LogP contribution in [0.5, 0.6) is 5.75 Å². The summed E-state index contributed by atoms with van der Waals surface area (Å²) in [6, 6.07) is 13.6. The number of methoxy groups -OCH3 is 1. The lowest BCUT2D eigenvalue weighted by molar-refractivity contribution is -0.136. The number of hydrogen-bond acceptors (Lipinski definition) is 7. The highest BCUT2D eigenvalue weighted by Crippen LogP contribution is 2.49. The van der Waals surface area contributed by atoms with Crippen molar-refractivity contribution in [1.82, 2.24) is 0 Å². The summed E-state index contributed by atoms with van der Waals surface area (Å²) in [6.45, 7) is 3.64. The number of halogens is 1. The van der Waals surface area contributed by atoms with Gasteiger partial charge in [-0.25, -0.2) is 4.79 Å². The van der Waals surface area contributed by atoms with Crippen molar-refractivity contribution in [1.29, 1.82) is 0 Å². The molecule has 1 heterocycles. The zero-order valence-corrected chi connectivity index (χ0v) is 21.0. The first-order valence-electron chi connectivity index (χ1n) is 11.4. The maximum absolute atomic E-state index is 13.3. The van der Waals surface area contributed by atoms with Crippen molar-refractivity contribution in [3.05, 3.63) is 81.9 Å². The van der Waals surface area contributed by atoms with Gasteiger partial charge in [0, 0.05) is 34.7 Å². The fourth-order valence-electron chi connectivity index (χ4n) is 4.53. The standard InChI is InChI=1S/C27H27ClN2O6/c1-27(2)12-18(31)23-20(13-27)36-25(29)24(26(33)34-3)22(23)17-6-4-5-7-19(17)35-14-21(32)30-16-10-8-15(28)9-11-16/h4-11,22H,12-14,29H2,1-3H3,(H,30,32). The number of ether oxygens (including phenoxy) is 3. The zero-order valence-electron chi connectivity index (χ0n) is 20.2. The molecule has 0 aromatic heterocycles. The van der Waals surface area contributed by atoms with E-state index in [9.17, 15) is 14.4 Å². The molecule has 3 N–H and O–H groups in total. The molecule has 0 fully saturated rings. The molecule has 1 amide bonds. The Bertz CT molecular complexity index is 1280. The maximum Gasteiger partial charge on any atom is 0.340 e. The third-order valence-corrected chi connectivity index (χ3v) is 6.33. The van der Waals surface area contributed by atoms with Crippen LogP contribution in [0.4, 0.5) is 5.69 Å². The highest BCUT2D eigenvalue weighted by molar-refractivity contribution is 6.30. The highest BCUT2D eigenvalue weighted by Gasteiger charge is 2.45. The largest absolute Gasteiger partial charge is 0.483 e. The van der Waals surface area contributed by atoms with Crippen LogP contribution in [0.3, 0.4) is 0 Å². The number of amides is 1. The number of nitrogens with two attached hydrogens (primary N) is 1. The van der Waals surface area contributed by atoms with Crippen molar-refractivity contribution < 1.29 is 28.6 Å². The second kappa shape index (κ2) is 10.1. The van der Waals surface area contributed by atoms with E-state index in [1.807, 2.05) is 13.8 Å². The molecule has 4 rings (SSSR count). The summed E-state index contributed by atoms with van der Waals surface area (Å²) in [7, 11) is 1.23. The first-order chi connectivity index (χ1) is 17.1. The Kier molecular flexibility index (Phi) is 7.08. The fraction of sp³-hybridized carbons (Fsp3) is 0.296. The van der Waals surface area contributed by atoms with Crippen molar-refractivity contribution in [3.8, 4) is 5.75 Å². The number of carbonyl (C=O) groups excluding carboxylic acids is 3. The van der Waals surface area contributed by atoms with Crippen LogP contribution >= 0.6 is 11.6 Å². The van der Waals surface area contributed by atoms with E-state index in [0.717, 1.165) is 0 Å². The van der Waals surface area contributed by atoms with Crippen LogP contribution in [0.1, 0.15) is 38.2 Å². The number of rotatable bonds is 6. The monoisotopic (exact) mass is 510 g/mol. The lowest BCUT2D eigenvalue weighted by Gasteiger charge is -2.38. The normalized spacial score (nSPS) is 18.8. The van der Waals surface area contributed by atoms with Crippen LogP contribution in [0.15, 0.2) is 71.3 Å². The van der Waals surface area contributed by atoms with Crippen LogP contribution in [-0.2, 0) is 23.9 Å². The van der Waals surface area contributed by atoms with E-state index < -0.39 is 17.8 Å². The molecule has 2 aliphatic rings. The molecule has 2 aromatic carbocycles. The van der Waals surface area contributed by atoms with E-state index in [2.05, 4.69) is 5.32 Å². The van der Waals surface area contributed by atoms with E-state index in [0.29, 0.717) is 39.8 Å². The molecule has 1 aliphatic heterocycles. The molecule has 8 nitrogen and oxygen atoms in total. The molecule has 0 spiro atoms. The van der Waals surface area contributed by atoms with Gasteiger partial charge in [0.05, 0.1) is 13.0 Å². The van der Waals surface area contributed by atoms with Crippen LogP contribution < -0.4 is 15.8 Å². The topological polar surface area (TPSA) is 117 Å². The minimum Gasteiger partial charge on any atom is -0.483 e. The first-order valence-corrected chi connectivity index (χ1v) is 11.8. The van der Waals surface area contributed by atoms with Gasteiger partial charge in [-0.2, -0.15) is 0 Å². The van der Waals surface area contributed by atoms with Gasteiger partial charge in [0.15, 0.2) is 12.4 Å². The average molecular weight is 511 g/mol. The molecule has 36 heavy (non-hydrogen) atoms.